The summed E-state index contributed by atoms with van der Waals surface area (Å²) in [5.74, 6) is -0.110. The Morgan fingerprint density at radius 3 is 1.03 bits per heavy atom. The molecule has 0 fully saturated rings. The molecule has 0 rings (SSSR count). The molecule has 0 heterocycles. The van der Waals surface area contributed by atoms with Crippen molar-refractivity contribution in [3.05, 3.63) is 134 Å². The number of hydrogen-bond donors (Lipinski definition) is 3. The Bertz CT molecular complexity index is 1390. The minimum absolute atomic E-state index is 0.110. The lowest BCUT2D eigenvalue weighted by Gasteiger charge is -2.19. The van der Waals surface area contributed by atoms with Gasteiger partial charge in [0, 0.05) is 6.42 Å². The molecule has 0 aromatic rings. The van der Waals surface area contributed by atoms with Gasteiger partial charge in [-0.25, -0.2) is 0 Å². The molecular weight excluding hydrogens is 831 g/mol. The van der Waals surface area contributed by atoms with Gasteiger partial charge in [-0.1, -0.05) is 270 Å². The smallest absolute Gasteiger partial charge is 0.220 e. The Morgan fingerprint density at radius 1 is 0.368 bits per heavy atom. The van der Waals surface area contributed by atoms with E-state index in [1.807, 2.05) is 6.08 Å². The van der Waals surface area contributed by atoms with E-state index in [1.165, 1.54) is 122 Å². The maximum absolute atomic E-state index is 12.5. The Kier molecular flexibility index (Phi) is 54.9. The van der Waals surface area contributed by atoms with Crippen molar-refractivity contribution in [2.24, 2.45) is 0 Å². The van der Waals surface area contributed by atoms with Crippen molar-refractivity contribution >= 4 is 5.91 Å². The lowest BCUT2D eigenvalue weighted by molar-refractivity contribution is -0.123. The van der Waals surface area contributed by atoms with Gasteiger partial charge in [-0.15, -0.1) is 0 Å². The number of carbonyl (C=O) groups excluding carboxylic acids is 1. The summed E-state index contributed by atoms with van der Waals surface area (Å²) in [5.41, 5.74) is 0. The normalized spacial score (nSPS) is 13.9. The van der Waals surface area contributed by atoms with E-state index in [9.17, 15) is 15.0 Å². The predicted molar refractivity (Wildman–Crippen MR) is 303 cm³/mol. The van der Waals surface area contributed by atoms with Gasteiger partial charge in [0.25, 0.3) is 0 Å². The van der Waals surface area contributed by atoms with Crippen LogP contribution >= 0.6 is 0 Å². The van der Waals surface area contributed by atoms with E-state index in [1.54, 1.807) is 6.08 Å². The van der Waals surface area contributed by atoms with Gasteiger partial charge in [-0.2, -0.15) is 0 Å². The number of hydrogen-bond acceptors (Lipinski definition) is 3. The molecule has 0 saturated heterocycles. The summed E-state index contributed by atoms with van der Waals surface area (Å²) in [6.45, 7) is 4.17. The maximum atomic E-state index is 12.5. The molecule has 0 aliphatic heterocycles. The topological polar surface area (TPSA) is 69.6 Å². The van der Waals surface area contributed by atoms with Gasteiger partial charge in [0.1, 0.15) is 0 Å². The average Bonchev–Trinajstić information content (AvgIpc) is 3.34. The van der Waals surface area contributed by atoms with Gasteiger partial charge in [-0.3, -0.25) is 4.79 Å². The van der Waals surface area contributed by atoms with Gasteiger partial charge in [0.15, 0.2) is 0 Å². The molecule has 0 radical (unpaired) electrons. The summed E-state index contributed by atoms with van der Waals surface area (Å²) in [6.07, 6.45) is 90.4. The second-order valence-corrected chi connectivity index (χ2v) is 18.6. The number of amides is 1. The third-order valence-corrected chi connectivity index (χ3v) is 12.1. The SMILES string of the molecule is CC/C=C\C/C=C\C/C=C\C/C=C\C/C=C\C/C=C\C/C=C\C/C=C\C/C=C\CCCCCC(=O)NC(CO)C(O)/C=C/CC/C=C/CCCCCCCCCCCCCCCCCCCCC. The Hall–Kier alpha value is -3.47. The summed E-state index contributed by atoms with van der Waals surface area (Å²) in [5, 5.41) is 23.1. The van der Waals surface area contributed by atoms with Crippen LogP contribution in [0.15, 0.2) is 134 Å². The first-order valence-electron chi connectivity index (χ1n) is 28.4. The Balaban J connectivity index is 3.70. The number of carbonyl (C=O) groups is 1. The number of nitrogens with one attached hydrogen (secondary N) is 1. The predicted octanol–water partition coefficient (Wildman–Crippen LogP) is 19.0. The Morgan fingerprint density at radius 2 is 0.662 bits per heavy atom. The van der Waals surface area contributed by atoms with E-state index < -0.39 is 12.1 Å². The molecule has 2 atom stereocenters. The summed E-state index contributed by atoms with van der Waals surface area (Å²) >= 11 is 0. The molecule has 386 valence electrons. The lowest BCUT2D eigenvalue weighted by atomic mass is 10.0. The van der Waals surface area contributed by atoms with Crippen molar-refractivity contribution in [2.75, 3.05) is 6.61 Å². The highest BCUT2D eigenvalue weighted by atomic mass is 16.3. The number of unbranched alkanes of at least 4 members (excludes halogenated alkanes) is 23. The number of rotatable bonds is 50. The van der Waals surface area contributed by atoms with Crippen LogP contribution in [0.25, 0.3) is 0 Å². The minimum atomic E-state index is -0.888. The summed E-state index contributed by atoms with van der Waals surface area (Å²) in [7, 11) is 0. The van der Waals surface area contributed by atoms with Crippen LogP contribution in [0, 0.1) is 0 Å². The zero-order chi connectivity index (χ0) is 49.2. The maximum Gasteiger partial charge on any atom is 0.220 e. The van der Waals surface area contributed by atoms with Gasteiger partial charge < -0.3 is 15.5 Å². The van der Waals surface area contributed by atoms with Crippen LogP contribution in [-0.2, 0) is 4.79 Å². The minimum Gasteiger partial charge on any atom is -0.394 e. The van der Waals surface area contributed by atoms with Gasteiger partial charge in [0.2, 0.25) is 5.91 Å². The summed E-state index contributed by atoms with van der Waals surface area (Å²) in [6, 6.07) is -0.669. The molecule has 0 aliphatic carbocycles. The van der Waals surface area contributed by atoms with Crippen molar-refractivity contribution in [1.82, 2.24) is 5.32 Å². The molecule has 2 unspecified atom stereocenters. The van der Waals surface area contributed by atoms with E-state index in [0.29, 0.717) is 6.42 Å². The van der Waals surface area contributed by atoms with E-state index in [-0.39, 0.29) is 12.5 Å². The standard InChI is InChI=1S/C64H107NO3/c1-3-5-7-9-11-13-15-17-19-21-23-25-27-29-30-31-32-33-34-36-38-40-42-44-46-48-50-52-54-56-58-60-64(68)65-62(61-66)63(67)59-57-55-53-51-49-47-45-43-41-39-37-35-28-26-24-22-20-18-16-14-12-10-8-6-4-2/h5,7,11,13,17,19,23,25,29-30,32-33,36,38,42,44,48-51,57,59,62-63,66-67H,3-4,6,8-10,12,14-16,18,20-22,24,26-28,31,34-35,37,39-41,43,45-47,52-56,58,60-61H2,1-2H3,(H,65,68)/b7-5-,13-11-,19-17-,25-23-,30-29-,33-32-,38-36-,44-42-,50-48-,51-49+,59-57+. The highest BCUT2D eigenvalue weighted by molar-refractivity contribution is 5.76. The molecule has 4 heteroatoms. The third-order valence-electron chi connectivity index (χ3n) is 12.1. The van der Waals surface area contributed by atoms with Crippen LogP contribution in [0.2, 0.25) is 0 Å². The molecule has 0 aromatic carbocycles. The monoisotopic (exact) mass is 938 g/mol. The first-order chi connectivity index (χ1) is 33.7. The number of aliphatic hydroxyl groups excluding tert-OH is 2. The van der Waals surface area contributed by atoms with E-state index in [4.69, 9.17) is 0 Å². The molecule has 0 aliphatic rings. The first kappa shape index (κ1) is 64.5. The fraction of sp³-hybridized carbons (Fsp3) is 0.641. The van der Waals surface area contributed by atoms with Crippen LogP contribution in [0.5, 0.6) is 0 Å². The summed E-state index contributed by atoms with van der Waals surface area (Å²) < 4.78 is 0. The van der Waals surface area contributed by atoms with Crippen LogP contribution in [0.3, 0.4) is 0 Å². The van der Waals surface area contributed by atoms with Gasteiger partial charge in [-0.05, 0) is 103 Å². The van der Waals surface area contributed by atoms with E-state index in [0.717, 1.165) is 103 Å². The quantitative estimate of drug-likeness (QED) is 0.0420. The highest BCUT2D eigenvalue weighted by Gasteiger charge is 2.17. The second kappa shape index (κ2) is 57.8. The van der Waals surface area contributed by atoms with Crippen LogP contribution in [0.1, 0.15) is 245 Å². The van der Waals surface area contributed by atoms with Crippen molar-refractivity contribution < 1.29 is 15.0 Å². The number of allylic oxidation sites excluding steroid dienone is 21. The van der Waals surface area contributed by atoms with Gasteiger partial charge in [0.05, 0.1) is 18.8 Å². The van der Waals surface area contributed by atoms with Crippen LogP contribution < -0.4 is 5.32 Å². The number of aliphatic hydroxyl groups is 2. The first-order valence-corrected chi connectivity index (χ1v) is 28.4. The second-order valence-electron chi connectivity index (χ2n) is 18.6. The van der Waals surface area contributed by atoms with Crippen molar-refractivity contribution in [3.63, 3.8) is 0 Å². The van der Waals surface area contributed by atoms with Crippen LogP contribution in [-0.4, -0.2) is 34.9 Å². The van der Waals surface area contributed by atoms with E-state index >= 15 is 0 Å². The zero-order valence-electron chi connectivity index (χ0n) is 44.3. The molecule has 0 saturated carbocycles. The summed E-state index contributed by atoms with van der Waals surface area (Å²) in [4.78, 5) is 12.5. The zero-order valence-corrected chi connectivity index (χ0v) is 44.3. The molecular formula is C64H107NO3. The fourth-order valence-electron chi connectivity index (χ4n) is 7.83. The van der Waals surface area contributed by atoms with Gasteiger partial charge >= 0.3 is 0 Å². The highest BCUT2D eigenvalue weighted by Crippen LogP contribution is 2.15. The van der Waals surface area contributed by atoms with Crippen LogP contribution in [0.4, 0.5) is 0 Å². The Labute approximate surface area is 421 Å². The molecule has 68 heavy (non-hydrogen) atoms. The lowest BCUT2D eigenvalue weighted by Crippen LogP contribution is -2.45. The van der Waals surface area contributed by atoms with Crippen molar-refractivity contribution in [2.45, 2.75) is 257 Å². The van der Waals surface area contributed by atoms with Crippen molar-refractivity contribution in [1.29, 1.82) is 0 Å². The average molecular weight is 939 g/mol. The fourth-order valence-corrected chi connectivity index (χ4v) is 7.83. The molecule has 1 amide bonds. The van der Waals surface area contributed by atoms with Crippen molar-refractivity contribution in [3.8, 4) is 0 Å². The molecule has 3 N–H and O–H groups in total. The molecule has 0 aromatic heterocycles. The molecule has 0 spiro atoms. The molecule has 4 nitrogen and oxygen atoms in total. The third kappa shape index (κ3) is 53.5. The molecule has 0 bridgehead atoms. The largest absolute Gasteiger partial charge is 0.394 e. The van der Waals surface area contributed by atoms with E-state index in [2.05, 4.69) is 141 Å².